The summed E-state index contributed by atoms with van der Waals surface area (Å²) in [5.41, 5.74) is 3.25. The van der Waals surface area contributed by atoms with Crippen molar-refractivity contribution in [1.82, 2.24) is 5.32 Å². The fourth-order valence-corrected chi connectivity index (χ4v) is 5.90. The highest BCUT2D eigenvalue weighted by Gasteiger charge is 2.25. The maximum Gasteiger partial charge on any atom is 0.408 e. The number of benzene rings is 4. The number of fused-ring (bicyclic) bond motifs is 1. The molecule has 4 aromatic carbocycles. The van der Waals surface area contributed by atoms with Crippen LogP contribution in [0.25, 0.3) is 22.1 Å². The zero-order valence-electron chi connectivity index (χ0n) is 25.9. The number of carbonyl (C=O) groups excluding carboxylic acids is 2. The zero-order chi connectivity index (χ0) is 31.8. The van der Waals surface area contributed by atoms with Gasteiger partial charge in [0, 0.05) is 33.8 Å². The highest BCUT2D eigenvalue weighted by atomic mass is 32.2. The second kappa shape index (κ2) is 14.4. The Morgan fingerprint density at radius 3 is 2.33 bits per heavy atom. The quantitative estimate of drug-likeness (QED) is 0.116. The predicted octanol–water partition coefficient (Wildman–Crippen LogP) is 8.58. The van der Waals surface area contributed by atoms with E-state index in [1.807, 2.05) is 54.6 Å². The number of rotatable bonds is 11. The molecule has 1 atom stereocenters. The van der Waals surface area contributed by atoms with Gasteiger partial charge < -0.3 is 23.9 Å². The molecule has 5 aromatic rings. The SMILES string of the molecule is COC(=O)[C@H](Cc1ccc(OCc2coc(-c3cccc4ccccc34)c2CSc2ccccc2)cc1)NC(=O)OC(C)(C)C. The number of furan rings is 1. The first kappa shape index (κ1) is 31.7. The lowest BCUT2D eigenvalue weighted by atomic mass is 10.00. The van der Waals surface area contributed by atoms with Crippen molar-refractivity contribution >= 4 is 34.6 Å². The summed E-state index contributed by atoms with van der Waals surface area (Å²) in [4.78, 5) is 25.8. The first-order chi connectivity index (χ1) is 21.7. The summed E-state index contributed by atoms with van der Waals surface area (Å²) in [6.07, 6.45) is 1.35. The van der Waals surface area contributed by atoms with Gasteiger partial charge in [0.2, 0.25) is 0 Å². The van der Waals surface area contributed by atoms with Crippen molar-refractivity contribution in [1.29, 1.82) is 0 Å². The maximum atomic E-state index is 12.4. The van der Waals surface area contributed by atoms with Crippen molar-refractivity contribution in [2.24, 2.45) is 0 Å². The van der Waals surface area contributed by atoms with Crippen molar-refractivity contribution in [3.63, 3.8) is 0 Å². The number of nitrogens with one attached hydrogen (secondary N) is 1. The molecule has 0 spiro atoms. The van der Waals surface area contributed by atoms with Crippen molar-refractivity contribution in [2.75, 3.05) is 7.11 Å². The molecule has 8 heteroatoms. The van der Waals surface area contributed by atoms with Crippen molar-refractivity contribution < 1.29 is 28.2 Å². The summed E-state index contributed by atoms with van der Waals surface area (Å²) >= 11 is 1.75. The molecular formula is C37H37NO6S. The number of hydrogen-bond donors (Lipinski definition) is 1. The lowest BCUT2D eigenvalue weighted by molar-refractivity contribution is -0.143. The van der Waals surface area contributed by atoms with E-state index in [0.29, 0.717) is 12.4 Å². The van der Waals surface area contributed by atoms with Crippen LogP contribution in [0.5, 0.6) is 5.75 Å². The van der Waals surface area contributed by atoms with Crippen LogP contribution in [0.4, 0.5) is 4.79 Å². The molecule has 0 bridgehead atoms. The van der Waals surface area contributed by atoms with E-state index in [9.17, 15) is 9.59 Å². The minimum absolute atomic E-state index is 0.239. The molecule has 0 aliphatic carbocycles. The summed E-state index contributed by atoms with van der Waals surface area (Å²) in [5, 5.41) is 4.90. The molecule has 0 saturated heterocycles. The van der Waals surface area contributed by atoms with Gasteiger partial charge in [-0.2, -0.15) is 0 Å². The van der Waals surface area contributed by atoms with Crippen molar-refractivity contribution in [2.45, 2.75) is 56.1 Å². The topological polar surface area (TPSA) is 87.0 Å². The van der Waals surface area contributed by atoms with Gasteiger partial charge in [-0.05, 0) is 61.4 Å². The average molecular weight is 624 g/mol. The largest absolute Gasteiger partial charge is 0.489 e. The number of esters is 1. The Kier molecular flexibility index (Phi) is 10.1. The Morgan fingerprint density at radius 2 is 1.60 bits per heavy atom. The Labute approximate surface area is 267 Å². The third kappa shape index (κ3) is 8.48. The molecule has 232 valence electrons. The molecule has 1 N–H and O–H groups in total. The molecule has 45 heavy (non-hydrogen) atoms. The van der Waals surface area contributed by atoms with E-state index in [-0.39, 0.29) is 6.42 Å². The molecule has 0 fully saturated rings. The second-order valence-corrected chi connectivity index (χ2v) is 12.6. The van der Waals surface area contributed by atoms with E-state index < -0.39 is 23.7 Å². The van der Waals surface area contributed by atoms with Crippen LogP contribution in [-0.4, -0.2) is 30.8 Å². The predicted molar refractivity (Wildman–Crippen MR) is 177 cm³/mol. The summed E-state index contributed by atoms with van der Waals surface area (Å²) < 4.78 is 22.7. The molecule has 0 unspecified atom stereocenters. The number of ether oxygens (including phenoxy) is 3. The Morgan fingerprint density at radius 1 is 0.889 bits per heavy atom. The number of methoxy groups -OCH3 is 1. The summed E-state index contributed by atoms with van der Waals surface area (Å²) in [7, 11) is 1.29. The van der Waals surface area contributed by atoms with Crippen molar-refractivity contribution in [3.8, 4) is 17.1 Å². The normalized spacial score (nSPS) is 12.0. The number of carbonyl (C=O) groups is 2. The van der Waals surface area contributed by atoms with Crippen LogP contribution in [0.3, 0.4) is 0 Å². The molecule has 7 nitrogen and oxygen atoms in total. The minimum Gasteiger partial charge on any atom is -0.489 e. The smallest absolute Gasteiger partial charge is 0.408 e. The molecule has 1 heterocycles. The Balaban J connectivity index is 1.32. The van der Waals surface area contributed by atoms with E-state index in [0.717, 1.165) is 44.5 Å². The molecule has 0 aliphatic rings. The van der Waals surface area contributed by atoms with Crippen LogP contribution >= 0.6 is 11.8 Å². The third-order valence-corrected chi connectivity index (χ3v) is 8.11. The van der Waals surface area contributed by atoms with Crippen LogP contribution in [0.15, 0.2) is 113 Å². The minimum atomic E-state index is -0.889. The highest BCUT2D eigenvalue weighted by molar-refractivity contribution is 7.98. The van der Waals surface area contributed by atoms with Gasteiger partial charge in [-0.25, -0.2) is 9.59 Å². The van der Waals surface area contributed by atoms with Gasteiger partial charge in [0.05, 0.1) is 13.4 Å². The number of alkyl carbamates (subject to hydrolysis) is 1. The number of amides is 1. The number of hydrogen-bond acceptors (Lipinski definition) is 7. The number of thioether (sulfide) groups is 1. The van der Waals surface area contributed by atoms with E-state index >= 15 is 0 Å². The zero-order valence-corrected chi connectivity index (χ0v) is 26.7. The maximum absolute atomic E-state index is 12.4. The van der Waals surface area contributed by atoms with Gasteiger partial charge in [0.1, 0.15) is 29.8 Å². The van der Waals surface area contributed by atoms with E-state index in [4.69, 9.17) is 18.6 Å². The monoisotopic (exact) mass is 623 g/mol. The van der Waals surface area contributed by atoms with E-state index in [2.05, 4.69) is 47.8 Å². The molecule has 5 rings (SSSR count). The molecule has 1 aromatic heterocycles. The van der Waals surface area contributed by atoms with Gasteiger partial charge in [0.15, 0.2) is 0 Å². The van der Waals surface area contributed by atoms with Gasteiger partial charge in [-0.3, -0.25) is 0 Å². The lowest BCUT2D eigenvalue weighted by Gasteiger charge is -2.22. The first-order valence-corrected chi connectivity index (χ1v) is 15.7. The average Bonchev–Trinajstić information content (AvgIpc) is 3.44. The van der Waals surface area contributed by atoms with Crippen LogP contribution in [-0.2, 0) is 33.0 Å². The van der Waals surface area contributed by atoms with Gasteiger partial charge in [0.25, 0.3) is 0 Å². The van der Waals surface area contributed by atoms with Crippen molar-refractivity contribution in [3.05, 3.63) is 120 Å². The Hall–Kier alpha value is -4.69. The molecule has 0 radical (unpaired) electrons. The van der Waals surface area contributed by atoms with Crippen LogP contribution in [0.2, 0.25) is 0 Å². The Bertz CT molecular complexity index is 1740. The highest BCUT2D eigenvalue weighted by Crippen LogP contribution is 2.37. The van der Waals surface area contributed by atoms with Gasteiger partial charge >= 0.3 is 12.1 Å². The summed E-state index contributed by atoms with van der Waals surface area (Å²) in [6, 6.07) is 31.4. The fourth-order valence-electron chi connectivity index (χ4n) is 4.92. The van der Waals surface area contributed by atoms with Gasteiger partial charge in [-0.1, -0.05) is 72.8 Å². The molecule has 0 aliphatic heterocycles. The lowest BCUT2D eigenvalue weighted by Crippen LogP contribution is -2.45. The van der Waals surface area contributed by atoms with E-state index in [1.165, 1.54) is 12.0 Å². The first-order valence-electron chi connectivity index (χ1n) is 14.7. The van der Waals surface area contributed by atoms with E-state index in [1.54, 1.807) is 38.8 Å². The van der Waals surface area contributed by atoms with Crippen LogP contribution in [0.1, 0.15) is 37.5 Å². The standard InChI is InChI=1S/C37H37NO6S/c1-37(2,3)44-36(40)38-33(35(39)41-4)21-25-17-19-28(20-18-25)42-22-27-23-43-34(32(27)24-45-29-13-6-5-7-14-29)31-16-10-12-26-11-8-9-15-30(26)31/h5-20,23,33H,21-22,24H2,1-4H3,(H,38,40)/t33-/m0/s1. The van der Waals surface area contributed by atoms with Crippen LogP contribution < -0.4 is 10.1 Å². The summed E-state index contributed by atoms with van der Waals surface area (Å²) in [5.74, 6) is 1.68. The second-order valence-electron chi connectivity index (χ2n) is 11.6. The fraction of sp³-hybridized carbons (Fsp3) is 0.243. The third-order valence-electron chi connectivity index (χ3n) is 7.08. The molecule has 0 saturated carbocycles. The molecule has 1 amide bonds. The van der Waals surface area contributed by atoms with Gasteiger partial charge in [-0.15, -0.1) is 11.8 Å². The van der Waals surface area contributed by atoms with Crippen LogP contribution in [0, 0.1) is 0 Å². The molecular weight excluding hydrogens is 586 g/mol. The summed E-state index contributed by atoms with van der Waals surface area (Å²) in [6.45, 7) is 5.61.